The summed E-state index contributed by atoms with van der Waals surface area (Å²) in [6.07, 6.45) is 2.92. The fourth-order valence-electron chi connectivity index (χ4n) is 3.14. The number of rotatable bonds is 5. The Kier molecular flexibility index (Phi) is 5.97. The van der Waals surface area contributed by atoms with Gasteiger partial charge >= 0.3 is 6.36 Å². The fraction of sp³-hybridized carbons (Fsp3) is 0.136. The number of ether oxygens (including phenoxy) is 1. The quantitative estimate of drug-likeness (QED) is 0.429. The predicted molar refractivity (Wildman–Crippen MR) is 113 cm³/mol. The number of nitrogens with zero attached hydrogens (tertiary/aromatic N) is 5. The van der Waals surface area contributed by atoms with Crippen LogP contribution in [0, 0.1) is 12.7 Å². The Morgan fingerprint density at radius 1 is 1.06 bits per heavy atom. The minimum atomic E-state index is -4.91. The van der Waals surface area contributed by atoms with Crippen LogP contribution in [-0.4, -0.2) is 37.0 Å². The van der Waals surface area contributed by atoms with Crippen LogP contribution in [0.5, 0.6) is 5.75 Å². The summed E-state index contributed by atoms with van der Waals surface area (Å²) in [7, 11) is 1.71. The lowest BCUT2D eigenvalue weighted by Gasteiger charge is -2.14. The van der Waals surface area contributed by atoms with E-state index in [2.05, 4.69) is 30.1 Å². The third-order valence-electron chi connectivity index (χ3n) is 4.81. The van der Waals surface area contributed by atoms with Gasteiger partial charge in [-0.15, -0.1) is 13.2 Å². The Hall–Kier alpha value is -4.35. The van der Waals surface area contributed by atoms with Crippen LogP contribution in [0.25, 0.3) is 22.4 Å². The average molecular weight is 472 g/mol. The highest BCUT2D eigenvalue weighted by Gasteiger charge is 2.32. The number of nitrogens with one attached hydrogen (secondary N) is 1. The summed E-state index contributed by atoms with van der Waals surface area (Å²) in [5.74, 6) is -1.75. The standard InChI is InChI=1S/C22H16F4N6O2/c1-12-16(7-27-8-17(12)23)21(33)31-20-10-28-18(9-29-20)15-5-13(14-6-30-32(2)11-14)3-4-19(15)34-22(24,25)26/h3-11H,1-2H3,(H,29,31,33). The lowest BCUT2D eigenvalue weighted by atomic mass is 10.0. The number of amides is 1. The minimum Gasteiger partial charge on any atom is -0.405 e. The smallest absolute Gasteiger partial charge is 0.405 e. The lowest BCUT2D eigenvalue weighted by molar-refractivity contribution is -0.274. The second kappa shape index (κ2) is 8.89. The van der Waals surface area contributed by atoms with E-state index in [-0.39, 0.29) is 28.2 Å². The molecule has 0 aliphatic heterocycles. The first kappa shape index (κ1) is 22.8. The number of alkyl halides is 3. The topological polar surface area (TPSA) is 94.8 Å². The zero-order valence-corrected chi connectivity index (χ0v) is 17.8. The van der Waals surface area contributed by atoms with Gasteiger partial charge in [0.05, 0.1) is 36.0 Å². The van der Waals surface area contributed by atoms with Crippen molar-refractivity contribution >= 4 is 11.7 Å². The van der Waals surface area contributed by atoms with E-state index >= 15 is 0 Å². The summed E-state index contributed by atoms with van der Waals surface area (Å²) in [5.41, 5.74) is 1.50. The average Bonchev–Trinajstić information content (AvgIpc) is 3.22. The van der Waals surface area contributed by atoms with Gasteiger partial charge in [-0.1, -0.05) is 6.07 Å². The Morgan fingerprint density at radius 3 is 2.50 bits per heavy atom. The number of anilines is 1. The summed E-state index contributed by atoms with van der Waals surface area (Å²) < 4.78 is 58.2. The molecule has 1 amide bonds. The molecule has 0 saturated carbocycles. The molecule has 8 nitrogen and oxygen atoms in total. The van der Waals surface area contributed by atoms with E-state index in [1.54, 1.807) is 24.1 Å². The zero-order valence-electron chi connectivity index (χ0n) is 17.8. The monoisotopic (exact) mass is 472 g/mol. The molecule has 1 aromatic carbocycles. The highest BCUT2D eigenvalue weighted by atomic mass is 19.4. The van der Waals surface area contributed by atoms with E-state index in [1.807, 2.05) is 0 Å². The Morgan fingerprint density at radius 2 is 1.85 bits per heavy atom. The van der Waals surface area contributed by atoms with Crippen molar-refractivity contribution in [3.8, 4) is 28.1 Å². The fourth-order valence-corrected chi connectivity index (χ4v) is 3.14. The molecule has 34 heavy (non-hydrogen) atoms. The molecule has 0 atom stereocenters. The van der Waals surface area contributed by atoms with E-state index in [0.717, 1.165) is 6.20 Å². The van der Waals surface area contributed by atoms with Crippen LogP contribution in [-0.2, 0) is 7.05 Å². The number of halogens is 4. The first-order valence-electron chi connectivity index (χ1n) is 9.73. The molecule has 0 spiro atoms. The maximum atomic E-state index is 13.7. The minimum absolute atomic E-state index is 0.0101. The Bertz CT molecular complexity index is 1350. The van der Waals surface area contributed by atoms with Gasteiger partial charge < -0.3 is 10.1 Å². The van der Waals surface area contributed by atoms with E-state index < -0.39 is 23.8 Å². The molecule has 0 saturated heterocycles. The van der Waals surface area contributed by atoms with Gasteiger partial charge in [-0.05, 0) is 24.6 Å². The van der Waals surface area contributed by atoms with Crippen molar-refractivity contribution < 1.29 is 27.1 Å². The molecule has 4 rings (SSSR count). The first-order valence-corrected chi connectivity index (χ1v) is 9.73. The van der Waals surface area contributed by atoms with Crippen LogP contribution in [0.4, 0.5) is 23.4 Å². The molecule has 3 heterocycles. The molecular weight excluding hydrogens is 456 g/mol. The number of carbonyl (C=O) groups excluding carboxylic acids is 1. The predicted octanol–water partition coefficient (Wildman–Crippen LogP) is 4.54. The first-order chi connectivity index (χ1) is 16.1. The van der Waals surface area contributed by atoms with Crippen LogP contribution in [0.1, 0.15) is 15.9 Å². The SMILES string of the molecule is Cc1c(F)cncc1C(=O)Nc1cnc(-c2cc(-c3cnn(C)c3)ccc2OC(F)(F)F)cn1. The lowest BCUT2D eigenvalue weighted by Crippen LogP contribution is -2.18. The number of aromatic nitrogens is 5. The van der Waals surface area contributed by atoms with Gasteiger partial charge in [-0.2, -0.15) is 5.10 Å². The van der Waals surface area contributed by atoms with Gasteiger partial charge in [0.1, 0.15) is 11.6 Å². The molecule has 0 fully saturated rings. The van der Waals surface area contributed by atoms with Gasteiger partial charge in [0.25, 0.3) is 5.91 Å². The van der Waals surface area contributed by atoms with Crippen molar-refractivity contribution in [3.05, 3.63) is 72.3 Å². The van der Waals surface area contributed by atoms with Gasteiger partial charge in [0, 0.05) is 36.1 Å². The van der Waals surface area contributed by atoms with E-state index in [9.17, 15) is 22.4 Å². The van der Waals surface area contributed by atoms with Crippen LogP contribution in [0.3, 0.4) is 0 Å². The second-order valence-corrected chi connectivity index (χ2v) is 7.20. The van der Waals surface area contributed by atoms with Gasteiger partial charge in [-0.3, -0.25) is 19.4 Å². The van der Waals surface area contributed by atoms with Crippen LogP contribution in [0.2, 0.25) is 0 Å². The number of hydrogen-bond acceptors (Lipinski definition) is 6. The van der Waals surface area contributed by atoms with Gasteiger partial charge in [-0.25, -0.2) is 9.37 Å². The van der Waals surface area contributed by atoms with Crippen molar-refractivity contribution in [1.82, 2.24) is 24.7 Å². The maximum Gasteiger partial charge on any atom is 0.573 e. The van der Waals surface area contributed by atoms with Crippen molar-refractivity contribution in [2.24, 2.45) is 7.05 Å². The van der Waals surface area contributed by atoms with Crippen molar-refractivity contribution in [2.45, 2.75) is 13.3 Å². The molecule has 0 unspecified atom stereocenters. The van der Waals surface area contributed by atoms with Crippen LogP contribution in [0.15, 0.2) is 55.4 Å². The summed E-state index contributed by atoms with van der Waals surface area (Å²) >= 11 is 0. The summed E-state index contributed by atoms with van der Waals surface area (Å²) in [5, 5.41) is 6.52. The normalized spacial score (nSPS) is 11.4. The molecule has 0 aliphatic carbocycles. The number of aryl methyl sites for hydroxylation is 1. The molecule has 12 heteroatoms. The zero-order chi connectivity index (χ0) is 24.5. The van der Waals surface area contributed by atoms with E-state index in [4.69, 9.17) is 0 Å². The van der Waals surface area contributed by atoms with Gasteiger partial charge in [0.2, 0.25) is 0 Å². The van der Waals surface area contributed by atoms with Crippen molar-refractivity contribution in [1.29, 1.82) is 0 Å². The van der Waals surface area contributed by atoms with E-state index in [0.29, 0.717) is 11.1 Å². The van der Waals surface area contributed by atoms with E-state index in [1.165, 1.54) is 43.7 Å². The van der Waals surface area contributed by atoms with Crippen LogP contribution >= 0.6 is 0 Å². The number of benzene rings is 1. The molecule has 0 aliphatic rings. The third kappa shape index (κ3) is 5.00. The Balaban J connectivity index is 1.65. The summed E-state index contributed by atoms with van der Waals surface area (Å²) in [6, 6.07) is 4.13. The highest BCUT2D eigenvalue weighted by molar-refractivity contribution is 6.04. The summed E-state index contributed by atoms with van der Waals surface area (Å²) in [4.78, 5) is 24.3. The van der Waals surface area contributed by atoms with Crippen molar-refractivity contribution in [3.63, 3.8) is 0 Å². The third-order valence-corrected chi connectivity index (χ3v) is 4.81. The molecule has 174 valence electrons. The molecule has 0 bridgehead atoms. The highest BCUT2D eigenvalue weighted by Crippen LogP contribution is 2.36. The maximum absolute atomic E-state index is 13.7. The molecule has 0 radical (unpaired) electrons. The largest absolute Gasteiger partial charge is 0.573 e. The molecule has 4 aromatic rings. The van der Waals surface area contributed by atoms with Crippen molar-refractivity contribution in [2.75, 3.05) is 5.32 Å². The Labute approximate surface area is 190 Å². The molecule has 1 N–H and O–H groups in total. The molecular formula is C22H16F4N6O2. The number of carbonyl (C=O) groups is 1. The number of hydrogen-bond donors (Lipinski definition) is 1. The van der Waals surface area contributed by atoms with Gasteiger partial charge in [0.15, 0.2) is 5.82 Å². The number of pyridine rings is 1. The summed E-state index contributed by atoms with van der Waals surface area (Å²) in [6.45, 7) is 1.43. The second-order valence-electron chi connectivity index (χ2n) is 7.20. The molecule has 3 aromatic heterocycles. The van der Waals surface area contributed by atoms with Crippen LogP contribution < -0.4 is 10.1 Å².